The molecule has 2 fully saturated rings. The van der Waals surface area contributed by atoms with Crippen molar-refractivity contribution in [2.24, 2.45) is 0 Å². The van der Waals surface area contributed by atoms with Gasteiger partial charge in [-0.15, -0.1) is 0 Å². The molecule has 2 bridgehead atoms. The molecule has 0 radical (unpaired) electrons. The Bertz CT molecular complexity index is 676. The molecule has 1 aromatic rings. The molecule has 23 heavy (non-hydrogen) atoms. The van der Waals surface area contributed by atoms with Crippen molar-refractivity contribution in [2.75, 3.05) is 12.8 Å². The summed E-state index contributed by atoms with van der Waals surface area (Å²) in [5, 5.41) is 3.37. The number of carbonyl (C=O) groups is 1. The molecule has 7 heteroatoms. The molecule has 2 saturated heterocycles. The highest BCUT2D eigenvalue weighted by Gasteiger charge is 2.39. The zero-order chi connectivity index (χ0) is 16.6. The first-order chi connectivity index (χ1) is 10.8. The topological polar surface area (TPSA) is 66.5 Å². The van der Waals surface area contributed by atoms with Gasteiger partial charge in [-0.25, -0.2) is 8.42 Å². The van der Waals surface area contributed by atoms with Gasteiger partial charge in [-0.2, -0.15) is 0 Å². The average Bonchev–Trinajstić information content (AvgIpc) is 2.70. The van der Waals surface area contributed by atoms with Gasteiger partial charge < -0.3 is 10.2 Å². The van der Waals surface area contributed by atoms with Crippen LogP contribution < -0.4 is 5.32 Å². The number of amides is 1. The number of hydrogen-bond donors (Lipinski definition) is 1. The van der Waals surface area contributed by atoms with Crippen LogP contribution in [-0.4, -0.2) is 50.2 Å². The number of carbonyl (C=O) groups excluding carboxylic acids is 1. The molecule has 126 valence electrons. The normalized spacial score (nSPS) is 27.8. The fourth-order valence-corrected chi connectivity index (χ4v) is 4.97. The van der Waals surface area contributed by atoms with Gasteiger partial charge in [-0.1, -0.05) is 11.6 Å². The quantitative estimate of drug-likeness (QED) is 0.894. The first-order valence-corrected chi connectivity index (χ1v) is 9.88. The molecule has 0 saturated carbocycles. The van der Waals surface area contributed by atoms with Crippen LogP contribution in [0.5, 0.6) is 0 Å². The van der Waals surface area contributed by atoms with Crippen molar-refractivity contribution < 1.29 is 13.2 Å². The molecule has 2 atom stereocenters. The lowest BCUT2D eigenvalue weighted by atomic mass is 9.98. The second-order valence-corrected chi connectivity index (χ2v) is 8.93. The van der Waals surface area contributed by atoms with E-state index in [2.05, 4.69) is 17.3 Å². The van der Waals surface area contributed by atoms with Gasteiger partial charge in [0.1, 0.15) is 5.75 Å². The highest BCUT2D eigenvalue weighted by molar-refractivity contribution is 7.92. The summed E-state index contributed by atoms with van der Waals surface area (Å²) in [6.07, 6.45) is 4.13. The number of rotatable bonds is 4. The minimum absolute atomic E-state index is 0.0802. The van der Waals surface area contributed by atoms with Crippen molar-refractivity contribution >= 4 is 27.3 Å². The lowest BCUT2D eigenvalue weighted by Gasteiger charge is -2.36. The SMILES string of the molecule is CN1C2CCC1CC(NC(=O)CS(=O)(=O)c1ccc(Cl)cc1)C2. The van der Waals surface area contributed by atoms with Gasteiger partial charge in [0.2, 0.25) is 5.91 Å². The molecular formula is C16H21ClN2O3S. The lowest BCUT2D eigenvalue weighted by Crippen LogP contribution is -2.49. The fourth-order valence-electron chi connectivity index (χ4n) is 3.70. The first kappa shape index (κ1) is 16.7. The maximum atomic E-state index is 12.3. The monoisotopic (exact) mass is 356 g/mol. The summed E-state index contributed by atoms with van der Waals surface area (Å²) in [5.41, 5.74) is 0. The van der Waals surface area contributed by atoms with Crippen LogP contribution in [0.25, 0.3) is 0 Å². The van der Waals surface area contributed by atoms with Gasteiger partial charge in [0.15, 0.2) is 9.84 Å². The number of fused-ring (bicyclic) bond motifs is 2. The smallest absolute Gasteiger partial charge is 0.235 e. The van der Waals surface area contributed by atoms with Gasteiger partial charge >= 0.3 is 0 Å². The van der Waals surface area contributed by atoms with E-state index in [0.717, 1.165) is 25.7 Å². The third-order valence-electron chi connectivity index (χ3n) is 4.96. The molecule has 1 aromatic carbocycles. The van der Waals surface area contributed by atoms with E-state index in [1.54, 1.807) is 0 Å². The second-order valence-electron chi connectivity index (χ2n) is 6.50. The van der Waals surface area contributed by atoms with Crippen molar-refractivity contribution in [1.82, 2.24) is 10.2 Å². The number of hydrogen-bond acceptors (Lipinski definition) is 4. The molecule has 3 rings (SSSR count). The summed E-state index contributed by atoms with van der Waals surface area (Å²) < 4.78 is 24.6. The second kappa shape index (κ2) is 6.42. The Labute approximate surface area is 141 Å². The predicted octanol–water partition coefficient (Wildman–Crippen LogP) is 1.86. The Hall–Kier alpha value is -1.11. The van der Waals surface area contributed by atoms with Gasteiger partial charge in [0, 0.05) is 23.1 Å². The van der Waals surface area contributed by atoms with Gasteiger partial charge in [0.05, 0.1) is 4.90 Å². The van der Waals surface area contributed by atoms with Crippen LogP contribution in [-0.2, 0) is 14.6 Å². The predicted molar refractivity (Wildman–Crippen MR) is 89.2 cm³/mol. The van der Waals surface area contributed by atoms with Crippen LogP contribution >= 0.6 is 11.6 Å². The van der Waals surface area contributed by atoms with E-state index in [1.165, 1.54) is 24.3 Å². The summed E-state index contributed by atoms with van der Waals surface area (Å²) in [6, 6.07) is 6.99. The zero-order valence-corrected chi connectivity index (χ0v) is 14.6. The molecule has 0 aromatic heterocycles. The molecule has 1 amide bonds. The first-order valence-electron chi connectivity index (χ1n) is 7.85. The van der Waals surface area contributed by atoms with Crippen LogP contribution in [0.3, 0.4) is 0 Å². The van der Waals surface area contributed by atoms with E-state index in [-0.39, 0.29) is 10.9 Å². The number of piperidine rings is 1. The standard InChI is InChI=1S/C16H21ClN2O3S/c1-19-13-4-5-14(19)9-12(8-13)18-16(20)10-23(21,22)15-6-2-11(17)3-7-15/h2-3,6-7,12-14H,4-5,8-10H2,1H3,(H,18,20). The Balaban J connectivity index is 1.60. The molecule has 2 aliphatic rings. The van der Waals surface area contributed by atoms with E-state index < -0.39 is 21.5 Å². The number of sulfone groups is 1. The van der Waals surface area contributed by atoms with Crippen LogP contribution in [0, 0.1) is 0 Å². The third kappa shape index (κ3) is 3.70. The fraction of sp³-hybridized carbons (Fsp3) is 0.562. The number of nitrogens with zero attached hydrogens (tertiary/aromatic N) is 1. The average molecular weight is 357 g/mol. The van der Waals surface area contributed by atoms with Crippen molar-refractivity contribution in [2.45, 2.75) is 48.7 Å². The van der Waals surface area contributed by atoms with Crippen LogP contribution in [0.15, 0.2) is 29.2 Å². The summed E-state index contributed by atoms with van der Waals surface area (Å²) >= 11 is 5.76. The van der Waals surface area contributed by atoms with Crippen LogP contribution in [0.1, 0.15) is 25.7 Å². The molecule has 0 spiro atoms. The molecule has 0 aliphatic carbocycles. The maximum absolute atomic E-state index is 12.3. The minimum atomic E-state index is -3.63. The van der Waals surface area contributed by atoms with Gasteiger partial charge in [-0.3, -0.25) is 4.79 Å². The van der Waals surface area contributed by atoms with E-state index >= 15 is 0 Å². The summed E-state index contributed by atoms with van der Waals surface area (Å²) in [4.78, 5) is 14.7. The number of nitrogens with one attached hydrogen (secondary N) is 1. The number of halogens is 1. The van der Waals surface area contributed by atoms with E-state index in [0.29, 0.717) is 17.1 Å². The van der Waals surface area contributed by atoms with Crippen molar-refractivity contribution in [3.63, 3.8) is 0 Å². The Morgan fingerprint density at radius 1 is 1.22 bits per heavy atom. The summed E-state index contributed by atoms with van der Waals surface area (Å²) in [5.74, 6) is -0.940. The molecule has 2 unspecified atom stereocenters. The summed E-state index contributed by atoms with van der Waals surface area (Å²) in [6.45, 7) is 0. The largest absolute Gasteiger partial charge is 0.352 e. The molecule has 2 aliphatic heterocycles. The van der Waals surface area contributed by atoms with Crippen molar-refractivity contribution in [3.8, 4) is 0 Å². The highest BCUT2D eigenvalue weighted by atomic mass is 35.5. The van der Waals surface area contributed by atoms with Crippen LogP contribution in [0.4, 0.5) is 0 Å². The van der Waals surface area contributed by atoms with Crippen LogP contribution in [0.2, 0.25) is 5.02 Å². The Morgan fingerprint density at radius 2 is 1.78 bits per heavy atom. The van der Waals surface area contributed by atoms with E-state index in [4.69, 9.17) is 11.6 Å². The molecule has 1 N–H and O–H groups in total. The van der Waals surface area contributed by atoms with E-state index in [9.17, 15) is 13.2 Å². The molecule has 5 nitrogen and oxygen atoms in total. The van der Waals surface area contributed by atoms with E-state index in [1.807, 2.05) is 0 Å². The van der Waals surface area contributed by atoms with Crippen molar-refractivity contribution in [3.05, 3.63) is 29.3 Å². The molecular weight excluding hydrogens is 336 g/mol. The van der Waals surface area contributed by atoms with Crippen molar-refractivity contribution in [1.29, 1.82) is 0 Å². The maximum Gasteiger partial charge on any atom is 0.235 e. The lowest BCUT2D eigenvalue weighted by molar-refractivity contribution is -0.119. The highest BCUT2D eigenvalue weighted by Crippen LogP contribution is 2.34. The van der Waals surface area contributed by atoms with Gasteiger partial charge in [-0.05, 0) is 57.0 Å². The summed E-state index contributed by atoms with van der Waals surface area (Å²) in [7, 11) is -1.50. The zero-order valence-electron chi connectivity index (χ0n) is 13.0. The Kier molecular flexibility index (Phi) is 4.67. The third-order valence-corrected chi connectivity index (χ3v) is 6.84. The minimum Gasteiger partial charge on any atom is -0.352 e. The van der Waals surface area contributed by atoms with Gasteiger partial charge in [0.25, 0.3) is 0 Å². The Morgan fingerprint density at radius 3 is 2.35 bits per heavy atom. The number of benzene rings is 1. The molecule has 2 heterocycles.